The quantitative estimate of drug-likeness (QED) is 0.703. The molecule has 2 amide bonds. The normalized spacial score (nSPS) is 16.7. The number of hydrogen-bond donors (Lipinski definition) is 1. The second kappa shape index (κ2) is 8.55. The fourth-order valence-electron chi connectivity index (χ4n) is 3.28. The van der Waals surface area contributed by atoms with Crippen LogP contribution in [0.5, 0.6) is 0 Å². The van der Waals surface area contributed by atoms with Crippen LogP contribution in [0.25, 0.3) is 11.3 Å². The van der Waals surface area contributed by atoms with Gasteiger partial charge in [-0.1, -0.05) is 42.5 Å². The fourth-order valence-corrected chi connectivity index (χ4v) is 3.90. The molecule has 1 aromatic heterocycles. The minimum atomic E-state index is -0.679. The molecule has 0 aliphatic carbocycles. The molecular weight excluding hydrogens is 386 g/mol. The molecule has 148 valence electrons. The van der Waals surface area contributed by atoms with Gasteiger partial charge in [-0.05, 0) is 24.6 Å². The summed E-state index contributed by atoms with van der Waals surface area (Å²) in [5.41, 5.74) is 3.45. The minimum absolute atomic E-state index is 0.00469. The lowest BCUT2D eigenvalue weighted by Gasteiger charge is -2.34. The van der Waals surface area contributed by atoms with Gasteiger partial charge in [0.2, 0.25) is 11.8 Å². The zero-order valence-electron chi connectivity index (χ0n) is 16.0. The summed E-state index contributed by atoms with van der Waals surface area (Å²) in [6, 6.07) is 16.5. The van der Waals surface area contributed by atoms with Crippen molar-refractivity contribution in [2.24, 2.45) is 0 Å². The smallest absolute Gasteiger partial charge is 0.249 e. The molecule has 1 N–H and O–H groups in total. The largest absolute Gasteiger partial charge is 0.369 e. The number of aromatic nitrogens is 1. The highest BCUT2D eigenvalue weighted by molar-refractivity contribution is 7.09. The van der Waals surface area contributed by atoms with Crippen molar-refractivity contribution >= 4 is 28.8 Å². The van der Waals surface area contributed by atoms with Gasteiger partial charge in [0.05, 0.1) is 17.3 Å². The summed E-state index contributed by atoms with van der Waals surface area (Å²) in [5.74, 6) is -0.451. The Labute approximate surface area is 173 Å². The van der Waals surface area contributed by atoms with Crippen LogP contribution in [0.4, 0.5) is 5.69 Å². The van der Waals surface area contributed by atoms with Gasteiger partial charge in [-0.15, -0.1) is 11.3 Å². The van der Waals surface area contributed by atoms with Crippen molar-refractivity contribution in [2.45, 2.75) is 19.5 Å². The van der Waals surface area contributed by atoms with Crippen LogP contribution in [0.2, 0.25) is 0 Å². The van der Waals surface area contributed by atoms with E-state index >= 15 is 0 Å². The van der Waals surface area contributed by atoms with Gasteiger partial charge in [-0.2, -0.15) is 0 Å². The van der Waals surface area contributed by atoms with Gasteiger partial charge >= 0.3 is 0 Å². The highest BCUT2D eigenvalue weighted by atomic mass is 32.1. The van der Waals surface area contributed by atoms with Crippen molar-refractivity contribution in [3.8, 4) is 11.3 Å². The molecule has 0 unspecified atom stereocenters. The van der Waals surface area contributed by atoms with Crippen molar-refractivity contribution in [3.63, 3.8) is 0 Å². The number of nitrogens with zero attached hydrogens (tertiary/aromatic N) is 2. The van der Waals surface area contributed by atoms with Crippen LogP contribution in [0.1, 0.15) is 10.6 Å². The lowest BCUT2D eigenvalue weighted by molar-refractivity contribution is -0.154. The molecule has 1 aliphatic heterocycles. The summed E-state index contributed by atoms with van der Waals surface area (Å²) in [6.45, 7) is 2.51. The first-order chi connectivity index (χ1) is 14.1. The Morgan fingerprint density at radius 3 is 2.83 bits per heavy atom. The number of nitrogens with one attached hydrogen (secondary N) is 1. The summed E-state index contributed by atoms with van der Waals surface area (Å²) in [6.07, 6.45) is 0. The van der Waals surface area contributed by atoms with Crippen LogP contribution in [0.3, 0.4) is 0 Å². The number of rotatable bonds is 5. The van der Waals surface area contributed by atoms with Crippen LogP contribution in [-0.2, 0) is 20.9 Å². The standard InChI is InChI=1S/C22H21N3O3S/c1-15-23-19(14-29-15)17-8-5-9-18(10-17)24-22(27)20-12-28-13-21(26)25(20)11-16-6-3-2-4-7-16/h2-10,14,20H,11-13H2,1H3,(H,24,27)/t20-/m1/s1. The maximum absolute atomic E-state index is 13.0. The van der Waals surface area contributed by atoms with Crippen LogP contribution in [0, 0.1) is 6.92 Å². The second-order valence-corrected chi connectivity index (χ2v) is 7.92. The Bertz CT molecular complexity index is 1020. The molecule has 6 nitrogen and oxygen atoms in total. The summed E-state index contributed by atoms with van der Waals surface area (Å²) in [5, 5.41) is 5.91. The molecule has 4 rings (SSSR count). The van der Waals surface area contributed by atoms with Crippen LogP contribution < -0.4 is 5.32 Å². The zero-order chi connectivity index (χ0) is 20.2. The summed E-state index contributed by atoms with van der Waals surface area (Å²) >= 11 is 1.58. The third-order valence-electron chi connectivity index (χ3n) is 4.74. The molecule has 0 bridgehead atoms. The number of aryl methyl sites for hydroxylation is 1. The second-order valence-electron chi connectivity index (χ2n) is 6.86. The molecular formula is C22H21N3O3S. The van der Waals surface area contributed by atoms with E-state index in [2.05, 4.69) is 10.3 Å². The van der Waals surface area contributed by atoms with Crippen LogP contribution >= 0.6 is 11.3 Å². The number of hydrogen-bond acceptors (Lipinski definition) is 5. The van der Waals surface area contributed by atoms with Gasteiger partial charge in [-0.25, -0.2) is 4.98 Å². The molecule has 2 aromatic carbocycles. The van der Waals surface area contributed by atoms with E-state index < -0.39 is 6.04 Å². The Morgan fingerprint density at radius 1 is 1.24 bits per heavy atom. The average molecular weight is 407 g/mol. The van der Waals surface area contributed by atoms with Crippen molar-refractivity contribution in [1.82, 2.24) is 9.88 Å². The van der Waals surface area contributed by atoms with Crippen molar-refractivity contribution in [3.05, 3.63) is 70.5 Å². The summed E-state index contributed by atoms with van der Waals surface area (Å²) < 4.78 is 5.36. The van der Waals surface area contributed by atoms with Gasteiger partial charge < -0.3 is 15.0 Å². The SMILES string of the molecule is Cc1nc(-c2cccc(NC(=O)[C@H]3COCC(=O)N3Cc3ccccc3)c2)cs1. The lowest BCUT2D eigenvalue weighted by Crippen LogP contribution is -2.54. The Kier molecular flexibility index (Phi) is 5.69. The number of carbonyl (C=O) groups is 2. The van der Waals surface area contributed by atoms with Gasteiger partial charge in [0.15, 0.2) is 0 Å². The highest BCUT2D eigenvalue weighted by Gasteiger charge is 2.34. The average Bonchev–Trinajstić information content (AvgIpc) is 3.17. The van der Waals surface area contributed by atoms with E-state index in [0.717, 1.165) is 21.8 Å². The van der Waals surface area contributed by atoms with E-state index in [-0.39, 0.29) is 25.0 Å². The van der Waals surface area contributed by atoms with Crippen LogP contribution in [0.15, 0.2) is 60.0 Å². The lowest BCUT2D eigenvalue weighted by atomic mass is 10.1. The van der Waals surface area contributed by atoms with Gasteiger partial charge in [0.25, 0.3) is 0 Å². The Balaban J connectivity index is 1.51. The number of ether oxygens (including phenoxy) is 1. The maximum Gasteiger partial charge on any atom is 0.249 e. The molecule has 0 radical (unpaired) electrons. The van der Waals surface area contributed by atoms with E-state index in [4.69, 9.17) is 4.74 Å². The molecule has 1 saturated heterocycles. The first-order valence-electron chi connectivity index (χ1n) is 9.35. The van der Waals surface area contributed by atoms with Crippen molar-refractivity contribution < 1.29 is 14.3 Å². The van der Waals surface area contributed by atoms with E-state index in [1.165, 1.54) is 0 Å². The van der Waals surface area contributed by atoms with Gasteiger partial charge in [0.1, 0.15) is 12.6 Å². The number of anilines is 1. The van der Waals surface area contributed by atoms with Gasteiger partial charge in [-0.3, -0.25) is 9.59 Å². The number of benzene rings is 2. The molecule has 0 saturated carbocycles. The number of thiazole rings is 1. The zero-order valence-corrected chi connectivity index (χ0v) is 16.8. The maximum atomic E-state index is 13.0. The number of amides is 2. The molecule has 0 spiro atoms. The minimum Gasteiger partial charge on any atom is -0.369 e. The predicted octanol–water partition coefficient (Wildman–Crippen LogP) is 3.48. The molecule has 7 heteroatoms. The summed E-state index contributed by atoms with van der Waals surface area (Å²) in [4.78, 5) is 31.5. The topological polar surface area (TPSA) is 71.5 Å². The van der Waals surface area contributed by atoms with E-state index in [1.54, 1.807) is 16.2 Å². The predicted molar refractivity (Wildman–Crippen MR) is 113 cm³/mol. The molecule has 2 heterocycles. The Hall–Kier alpha value is -3.03. The molecule has 1 fully saturated rings. The van der Waals surface area contributed by atoms with Crippen molar-refractivity contribution in [1.29, 1.82) is 0 Å². The monoisotopic (exact) mass is 407 g/mol. The molecule has 3 aromatic rings. The third-order valence-corrected chi connectivity index (χ3v) is 5.51. The molecule has 29 heavy (non-hydrogen) atoms. The fraction of sp³-hybridized carbons (Fsp3) is 0.227. The van der Waals surface area contributed by atoms with Crippen molar-refractivity contribution in [2.75, 3.05) is 18.5 Å². The van der Waals surface area contributed by atoms with E-state index in [1.807, 2.05) is 66.9 Å². The highest BCUT2D eigenvalue weighted by Crippen LogP contribution is 2.24. The number of carbonyl (C=O) groups excluding carboxylic acids is 2. The summed E-state index contributed by atoms with van der Waals surface area (Å²) in [7, 11) is 0. The third kappa shape index (κ3) is 4.52. The molecule has 1 atom stereocenters. The number of morpholine rings is 1. The first kappa shape index (κ1) is 19.3. The molecule has 1 aliphatic rings. The Morgan fingerprint density at radius 2 is 2.07 bits per heavy atom. The van der Waals surface area contributed by atoms with E-state index in [0.29, 0.717) is 12.2 Å². The first-order valence-corrected chi connectivity index (χ1v) is 10.2. The van der Waals surface area contributed by atoms with Gasteiger partial charge in [0, 0.05) is 23.2 Å². The van der Waals surface area contributed by atoms with Crippen LogP contribution in [-0.4, -0.2) is 41.0 Å². The van der Waals surface area contributed by atoms with E-state index in [9.17, 15) is 9.59 Å².